The lowest BCUT2D eigenvalue weighted by Gasteiger charge is -2.33. The average Bonchev–Trinajstić information content (AvgIpc) is 3.75. The molecule has 0 spiro atoms. The van der Waals surface area contributed by atoms with E-state index in [1.165, 1.54) is 0 Å². The topological polar surface area (TPSA) is 148 Å². The van der Waals surface area contributed by atoms with Crippen molar-refractivity contribution in [3.63, 3.8) is 0 Å². The SMILES string of the molecule is C=C1C[C@H]2CNc3cc(OCc4cc(N(CCOCCOCCO)CC(C)(C)SC)cc(COc5cc6c(cc5OC)C(=O)N5CC(=C)C[C@H]5C=N6)n4)ccc3C(=O)N2C1. The molecule has 1 aromatic heterocycles. The van der Waals surface area contributed by atoms with Crippen LogP contribution in [0.25, 0.3) is 0 Å². The van der Waals surface area contributed by atoms with Gasteiger partial charge in [0, 0.05) is 61.5 Å². The summed E-state index contributed by atoms with van der Waals surface area (Å²) < 4.78 is 29.8. The Morgan fingerprint density at radius 3 is 2.37 bits per heavy atom. The Labute approximate surface area is 356 Å². The van der Waals surface area contributed by atoms with E-state index in [9.17, 15) is 9.59 Å². The van der Waals surface area contributed by atoms with E-state index in [-0.39, 0.29) is 55.1 Å². The van der Waals surface area contributed by atoms with Crippen LogP contribution in [0.3, 0.4) is 0 Å². The third-order valence-electron chi connectivity index (χ3n) is 11.1. The number of anilines is 2. The molecule has 2 atom stereocenters. The van der Waals surface area contributed by atoms with E-state index in [0.717, 1.165) is 35.5 Å². The summed E-state index contributed by atoms with van der Waals surface area (Å²) in [7, 11) is 1.55. The molecule has 14 nitrogen and oxygen atoms in total. The van der Waals surface area contributed by atoms with Crippen molar-refractivity contribution in [2.24, 2.45) is 4.99 Å². The van der Waals surface area contributed by atoms with Gasteiger partial charge in [-0.25, -0.2) is 0 Å². The largest absolute Gasteiger partial charge is 0.493 e. The van der Waals surface area contributed by atoms with E-state index in [0.29, 0.717) is 97.9 Å². The maximum atomic E-state index is 13.6. The van der Waals surface area contributed by atoms with Crippen LogP contribution < -0.4 is 24.4 Å². The molecule has 5 heterocycles. The van der Waals surface area contributed by atoms with Gasteiger partial charge in [-0.05, 0) is 63.3 Å². The van der Waals surface area contributed by atoms with Crippen LogP contribution in [0.2, 0.25) is 0 Å². The summed E-state index contributed by atoms with van der Waals surface area (Å²) in [5, 5.41) is 12.5. The molecule has 0 saturated carbocycles. The number of nitrogens with zero attached hydrogens (tertiary/aromatic N) is 5. The van der Waals surface area contributed by atoms with Gasteiger partial charge < -0.3 is 48.8 Å². The van der Waals surface area contributed by atoms with Crippen LogP contribution in [0.15, 0.2) is 71.8 Å². The highest BCUT2D eigenvalue weighted by atomic mass is 32.2. The normalized spacial score (nSPS) is 18.4. The minimum Gasteiger partial charge on any atom is -0.493 e. The Hall–Kier alpha value is -5.09. The third kappa shape index (κ3) is 10.1. The Kier molecular flexibility index (Phi) is 13.7. The minimum absolute atomic E-state index is 0.00438. The third-order valence-corrected chi connectivity index (χ3v) is 12.3. The molecule has 0 radical (unpaired) electrons. The number of aromatic nitrogens is 1. The number of thioether (sulfide) groups is 1. The first kappa shape index (κ1) is 43.0. The van der Waals surface area contributed by atoms with Gasteiger partial charge in [0.2, 0.25) is 0 Å². The number of ether oxygens (including phenoxy) is 5. The molecule has 0 unspecified atom stereocenters. The number of aliphatic imine (C=N–C) groups is 1. The average molecular weight is 841 g/mol. The fourth-order valence-corrected chi connectivity index (χ4v) is 8.17. The van der Waals surface area contributed by atoms with Gasteiger partial charge >= 0.3 is 0 Å². The van der Waals surface area contributed by atoms with Gasteiger partial charge in [0.25, 0.3) is 11.8 Å². The molecule has 3 aromatic rings. The summed E-state index contributed by atoms with van der Waals surface area (Å²) in [6, 6.07) is 13.0. The van der Waals surface area contributed by atoms with Crippen molar-refractivity contribution in [3.8, 4) is 17.2 Å². The van der Waals surface area contributed by atoms with Crippen LogP contribution in [0, 0.1) is 0 Å². The van der Waals surface area contributed by atoms with Gasteiger partial charge in [0.05, 0.1) is 86.1 Å². The summed E-state index contributed by atoms with van der Waals surface area (Å²) in [4.78, 5) is 42.7. The number of aliphatic hydroxyl groups excluding tert-OH is 1. The monoisotopic (exact) mass is 840 g/mol. The Bertz CT molecular complexity index is 2130. The quantitative estimate of drug-likeness (QED) is 0.109. The number of hydrogen-bond acceptors (Lipinski definition) is 13. The lowest BCUT2D eigenvalue weighted by molar-refractivity contribution is 0.0351. The van der Waals surface area contributed by atoms with E-state index in [1.807, 2.05) is 41.4 Å². The van der Waals surface area contributed by atoms with Gasteiger partial charge in [0.15, 0.2) is 11.5 Å². The first-order valence-electron chi connectivity index (χ1n) is 20.4. The molecule has 2 aromatic carbocycles. The van der Waals surface area contributed by atoms with Gasteiger partial charge in [-0.1, -0.05) is 24.3 Å². The van der Waals surface area contributed by atoms with Crippen molar-refractivity contribution < 1.29 is 38.4 Å². The van der Waals surface area contributed by atoms with E-state index < -0.39 is 0 Å². The summed E-state index contributed by atoms with van der Waals surface area (Å²) in [6.45, 7) is 17.4. The summed E-state index contributed by atoms with van der Waals surface area (Å²) in [5.41, 5.74) is 6.65. The number of carbonyl (C=O) groups is 2. The Morgan fingerprint density at radius 1 is 0.900 bits per heavy atom. The predicted octanol–water partition coefficient (Wildman–Crippen LogP) is 5.90. The fraction of sp³-hybridized carbons (Fsp3) is 0.467. The van der Waals surface area contributed by atoms with Gasteiger partial charge in [-0.3, -0.25) is 19.6 Å². The van der Waals surface area contributed by atoms with Crippen molar-refractivity contribution in [2.45, 2.75) is 56.7 Å². The molecule has 60 heavy (non-hydrogen) atoms. The highest BCUT2D eigenvalue weighted by Gasteiger charge is 2.36. The summed E-state index contributed by atoms with van der Waals surface area (Å²) in [5.74, 6) is 1.34. The van der Waals surface area contributed by atoms with Crippen molar-refractivity contribution in [1.29, 1.82) is 0 Å². The fourth-order valence-electron chi connectivity index (χ4n) is 7.89. The molecule has 15 heteroatoms. The van der Waals surface area contributed by atoms with Crippen molar-refractivity contribution in [2.75, 3.05) is 89.3 Å². The van der Waals surface area contributed by atoms with Crippen LogP contribution in [0.1, 0.15) is 58.8 Å². The summed E-state index contributed by atoms with van der Waals surface area (Å²) in [6.07, 6.45) is 5.40. The lowest BCUT2D eigenvalue weighted by atomic mass is 10.1. The van der Waals surface area contributed by atoms with Crippen LogP contribution in [-0.2, 0) is 22.7 Å². The standard InChI is InChI=1S/C45H56N6O8S/c1-29-15-34-22-46-39-19-36(7-8-37(39)43(53)50(34)24-29)58-26-31-17-33(49(28-45(3,4)60-6)9-11-56-13-14-57-12-10-52)18-32(48-31)27-59-42-21-40-38(20-41(42)55-5)44(54)51-25-30(2)16-35(51)23-47-40/h7-8,17-21,23,34-35,46,52H,1-2,9-16,22,24-28H2,3-6H3/t34-,35-/m0/s1. The molecule has 4 aliphatic rings. The zero-order valence-corrected chi connectivity index (χ0v) is 35.9. The Balaban J connectivity index is 1.14. The minimum atomic E-state index is -0.132. The highest BCUT2D eigenvalue weighted by molar-refractivity contribution is 7.99. The molecule has 4 aliphatic heterocycles. The van der Waals surface area contributed by atoms with Crippen molar-refractivity contribution in [1.82, 2.24) is 14.8 Å². The van der Waals surface area contributed by atoms with E-state index in [4.69, 9.17) is 38.8 Å². The Morgan fingerprint density at radius 2 is 1.62 bits per heavy atom. The van der Waals surface area contributed by atoms with E-state index >= 15 is 0 Å². The van der Waals surface area contributed by atoms with E-state index in [1.54, 1.807) is 35.9 Å². The second-order valence-electron chi connectivity index (χ2n) is 16.1. The van der Waals surface area contributed by atoms with Crippen molar-refractivity contribution in [3.05, 3.63) is 89.3 Å². The second-order valence-corrected chi connectivity index (χ2v) is 17.6. The van der Waals surface area contributed by atoms with Crippen LogP contribution in [0.5, 0.6) is 17.2 Å². The van der Waals surface area contributed by atoms with Gasteiger partial charge in [0.1, 0.15) is 19.0 Å². The highest BCUT2D eigenvalue weighted by Crippen LogP contribution is 2.39. The number of rotatable bonds is 19. The van der Waals surface area contributed by atoms with Crippen LogP contribution in [-0.4, -0.2) is 134 Å². The first-order chi connectivity index (χ1) is 28.9. The maximum absolute atomic E-state index is 13.6. The molecule has 2 N–H and O–H groups in total. The smallest absolute Gasteiger partial charge is 0.257 e. The zero-order chi connectivity index (χ0) is 42.4. The number of amides is 2. The molecular formula is C45H56N6O8S. The second kappa shape index (κ2) is 19.1. The molecular weight excluding hydrogens is 785 g/mol. The molecule has 0 aliphatic carbocycles. The number of benzene rings is 2. The van der Waals surface area contributed by atoms with Gasteiger partial charge in [-0.2, -0.15) is 11.8 Å². The number of fused-ring (bicyclic) bond motifs is 4. The molecule has 2 fully saturated rings. The molecule has 320 valence electrons. The number of nitrogens with one attached hydrogen (secondary N) is 1. The first-order valence-corrected chi connectivity index (χ1v) is 21.6. The van der Waals surface area contributed by atoms with Crippen LogP contribution in [0.4, 0.5) is 17.1 Å². The number of pyridine rings is 1. The van der Waals surface area contributed by atoms with Crippen LogP contribution >= 0.6 is 11.8 Å². The maximum Gasteiger partial charge on any atom is 0.257 e. The predicted molar refractivity (Wildman–Crippen MR) is 235 cm³/mol. The molecule has 7 rings (SSSR count). The van der Waals surface area contributed by atoms with Crippen molar-refractivity contribution >= 4 is 46.9 Å². The number of hydrogen-bond donors (Lipinski definition) is 2. The number of carbonyl (C=O) groups excluding carboxylic acids is 2. The number of methoxy groups -OCH3 is 1. The molecule has 2 saturated heterocycles. The number of aliphatic hydroxyl groups is 1. The van der Waals surface area contributed by atoms with Gasteiger partial charge in [-0.15, -0.1) is 0 Å². The lowest BCUT2D eigenvalue weighted by Crippen LogP contribution is -2.39. The zero-order valence-electron chi connectivity index (χ0n) is 35.0. The summed E-state index contributed by atoms with van der Waals surface area (Å²) >= 11 is 1.78. The molecule has 0 bridgehead atoms. The van der Waals surface area contributed by atoms with E-state index in [2.05, 4.69) is 43.5 Å². The molecule has 2 amide bonds.